The number of carboxylic acids is 1. The molecule has 1 aromatic carbocycles. The molecule has 3 rings (SSSR count). The molecule has 160 valence electrons. The molecule has 0 fully saturated rings. The molecule has 3 aromatic rings. The fourth-order valence-corrected chi connectivity index (χ4v) is 2.91. The number of carbonyl (C=O) groups is 2. The topological polar surface area (TPSA) is 135 Å². The van der Waals surface area contributed by atoms with Crippen LogP contribution in [0.4, 0.5) is 18.3 Å². The Hall–Kier alpha value is -3.48. The molecule has 0 saturated heterocycles. The van der Waals surface area contributed by atoms with Gasteiger partial charge in [-0.15, -0.1) is 10.2 Å². The molecular weight excluding hydrogens is 427 g/mol. The van der Waals surface area contributed by atoms with E-state index in [0.29, 0.717) is 27.5 Å². The van der Waals surface area contributed by atoms with Crippen molar-refractivity contribution in [1.29, 1.82) is 0 Å². The number of alkyl halides is 3. The minimum absolute atomic E-state index is 0.170. The van der Waals surface area contributed by atoms with Gasteiger partial charge >= 0.3 is 12.1 Å². The van der Waals surface area contributed by atoms with E-state index in [1.165, 1.54) is 16.2 Å². The third-order valence-corrected chi connectivity index (χ3v) is 4.43. The van der Waals surface area contributed by atoms with Crippen molar-refractivity contribution < 1.29 is 32.3 Å². The average molecular weight is 443 g/mol. The van der Waals surface area contributed by atoms with E-state index in [0.717, 1.165) is 5.56 Å². The van der Waals surface area contributed by atoms with Gasteiger partial charge in [0, 0.05) is 12.6 Å². The number of nitrogens with two attached hydrogens (primary N) is 1. The fourth-order valence-electron chi connectivity index (χ4n) is 2.08. The van der Waals surface area contributed by atoms with Gasteiger partial charge in [-0.05, 0) is 19.1 Å². The van der Waals surface area contributed by atoms with Crippen LogP contribution in [0.3, 0.4) is 0 Å². The van der Waals surface area contributed by atoms with Crippen molar-refractivity contribution in [3.8, 4) is 11.5 Å². The molecule has 3 N–H and O–H groups in total. The van der Waals surface area contributed by atoms with Gasteiger partial charge in [0.25, 0.3) is 5.91 Å². The summed E-state index contributed by atoms with van der Waals surface area (Å²) in [5.74, 6) is -2.13. The number of aliphatic carboxylic acids is 1. The molecular formula is C17H16F3N5O4S. The maximum Gasteiger partial charge on any atom is 0.490 e. The predicted octanol–water partition coefficient (Wildman–Crippen LogP) is 2.99. The van der Waals surface area contributed by atoms with E-state index in [4.69, 9.17) is 20.1 Å². The quantitative estimate of drug-likeness (QED) is 0.628. The molecule has 9 nitrogen and oxygen atoms in total. The third kappa shape index (κ3) is 6.01. The fraction of sp³-hybridized carbons (Fsp3) is 0.235. The lowest BCUT2D eigenvalue weighted by atomic mass is 10.2. The van der Waals surface area contributed by atoms with Gasteiger partial charge in [0.05, 0.1) is 12.2 Å². The first kappa shape index (κ1) is 22.8. The van der Waals surface area contributed by atoms with Crippen LogP contribution in [0.1, 0.15) is 21.3 Å². The number of benzene rings is 1. The molecule has 2 aromatic heterocycles. The number of anilines is 1. The summed E-state index contributed by atoms with van der Waals surface area (Å²) in [7, 11) is 1.67. The smallest absolute Gasteiger partial charge is 0.475 e. The van der Waals surface area contributed by atoms with Gasteiger partial charge in [-0.1, -0.05) is 29.5 Å². The number of amides is 1. The summed E-state index contributed by atoms with van der Waals surface area (Å²) in [6, 6.07) is 9.47. The monoisotopic (exact) mass is 443 g/mol. The molecule has 2 heterocycles. The number of nitrogen functional groups attached to an aromatic ring is 1. The molecule has 0 bridgehead atoms. The summed E-state index contributed by atoms with van der Waals surface area (Å²) in [5, 5.41) is 15.5. The lowest BCUT2D eigenvalue weighted by Crippen LogP contribution is -2.26. The zero-order chi connectivity index (χ0) is 22.5. The number of hydrogen-bond acceptors (Lipinski definition) is 8. The first-order valence-electron chi connectivity index (χ1n) is 8.15. The van der Waals surface area contributed by atoms with Gasteiger partial charge < -0.3 is 20.2 Å². The van der Waals surface area contributed by atoms with Gasteiger partial charge in [0.2, 0.25) is 11.8 Å². The number of halogens is 3. The highest BCUT2D eigenvalue weighted by Gasteiger charge is 2.38. The number of aryl methyl sites for hydroxylation is 1. The van der Waals surface area contributed by atoms with Gasteiger partial charge in [0.15, 0.2) is 5.13 Å². The summed E-state index contributed by atoms with van der Waals surface area (Å²) >= 11 is 1.17. The van der Waals surface area contributed by atoms with Crippen molar-refractivity contribution in [2.24, 2.45) is 0 Å². The van der Waals surface area contributed by atoms with E-state index in [-0.39, 0.29) is 12.5 Å². The molecule has 30 heavy (non-hydrogen) atoms. The highest BCUT2D eigenvalue weighted by molar-refractivity contribution is 7.17. The second-order valence-electron chi connectivity index (χ2n) is 5.80. The Kier molecular flexibility index (Phi) is 7.10. The largest absolute Gasteiger partial charge is 0.490 e. The first-order chi connectivity index (χ1) is 14.0. The predicted molar refractivity (Wildman–Crippen MR) is 100 cm³/mol. The van der Waals surface area contributed by atoms with E-state index >= 15 is 0 Å². The maximum atomic E-state index is 12.4. The lowest BCUT2D eigenvalue weighted by molar-refractivity contribution is -0.192. The number of thiazole rings is 1. The molecule has 0 aliphatic heterocycles. The molecule has 0 spiro atoms. The van der Waals surface area contributed by atoms with E-state index in [1.54, 1.807) is 14.0 Å². The summed E-state index contributed by atoms with van der Waals surface area (Å²) in [5.41, 5.74) is 7.10. The van der Waals surface area contributed by atoms with Gasteiger partial charge in [-0.3, -0.25) is 4.79 Å². The van der Waals surface area contributed by atoms with E-state index < -0.39 is 12.1 Å². The number of aromatic nitrogens is 3. The maximum absolute atomic E-state index is 12.4. The Morgan fingerprint density at radius 3 is 2.33 bits per heavy atom. The van der Waals surface area contributed by atoms with Crippen LogP contribution >= 0.6 is 11.3 Å². The Morgan fingerprint density at radius 2 is 1.83 bits per heavy atom. The molecule has 0 saturated carbocycles. The molecule has 0 atom stereocenters. The van der Waals surface area contributed by atoms with E-state index in [1.807, 2.05) is 30.3 Å². The minimum atomic E-state index is -5.08. The van der Waals surface area contributed by atoms with E-state index in [2.05, 4.69) is 15.2 Å². The number of carbonyl (C=O) groups excluding carboxylic acids is 1. The number of carboxylic acid groups (broad SMARTS) is 1. The highest BCUT2D eigenvalue weighted by Crippen LogP contribution is 2.22. The number of rotatable bonds is 4. The Morgan fingerprint density at radius 1 is 1.23 bits per heavy atom. The SMILES string of the molecule is Cc1nc(N)sc1C(=O)N(C)Cc1nnc(-c2ccccc2)o1.O=C(O)C(F)(F)F. The first-order valence-corrected chi connectivity index (χ1v) is 8.97. The highest BCUT2D eigenvalue weighted by atomic mass is 32.1. The second kappa shape index (κ2) is 9.35. The Labute approximate surface area is 172 Å². The number of nitrogens with zero attached hydrogens (tertiary/aromatic N) is 4. The standard InChI is InChI=1S/C15H15N5O2S.C2HF3O2/c1-9-12(23-15(16)17-9)14(21)20(2)8-11-18-19-13(22-11)10-6-4-3-5-7-10;3-2(4,5)1(6)7/h3-7H,8H2,1-2H3,(H2,16,17);(H,6,7). The van der Waals surface area contributed by atoms with Crippen LogP contribution in [0, 0.1) is 6.92 Å². The normalized spacial score (nSPS) is 10.8. The molecule has 13 heteroatoms. The molecule has 0 unspecified atom stereocenters. The van der Waals surface area contributed by atoms with Crippen LogP contribution < -0.4 is 5.73 Å². The second-order valence-corrected chi connectivity index (χ2v) is 6.83. The van der Waals surface area contributed by atoms with Crippen LogP contribution in [-0.2, 0) is 11.3 Å². The zero-order valence-corrected chi connectivity index (χ0v) is 16.5. The zero-order valence-electron chi connectivity index (χ0n) is 15.7. The summed E-state index contributed by atoms with van der Waals surface area (Å²) in [4.78, 5) is 27.4. The van der Waals surface area contributed by atoms with E-state index in [9.17, 15) is 18.0 Å². The van der Waals surface area contributed by atoms with Crippen LogP contribution in [0.5, 0.6) is 0 Å². The van der Waals surface area contributed by atoms with Crippen molar-refractivity contribution in [1.82, 2.24) is 20.1 Å². The van der Waals surface area contributed by atoms with Crippen molar-refractivity contribution in [3.05, 3.63) is 46.8 Å². The summed E-state index contributed by atoms with van der Waals surface area (Å²) in [6.45, 7) is 1.98. The van der Waals surface area contributed by atoms with Crippen LogP contribution in [-0.4, -0.2) is 50.3 Å². The Balaban J connectivity index is 0.000000396. The number of hydrogen-bond donors (Lipinski definition) is 2. The van der Waals surface area contributed by atoms with Crippen LogP contribution in [0.2, 0.25) is 0 Å². The molecule has 0 radical (unpaired) electrons. The molecule has 1 amide bonds. The van der Waals surface area contributed by atoms with Crippen molar-refractivity contribution in [2.45, 2.75) is 19.6 Å². The lowest BCUT2D eigenvalue weighted by Gasteiger charge is -2.13. The van der Waals surface area contributed by atoms with Crippen molar-refractivity contribution >= 4 is 28.3 Å². The minimum Gasteiger partial charge on any atom is -0.475 e. The summed E-state index contributed by atoms with van der Waals surface area (Å²) < 4.78 is 37.3. The van der Waals surface area contributed by atoms with Gasteiger partial charge in [-0.2, -0.15) is 13.2 Å². The Bertz CT molecular complexity index is 1020. The van der Waals surface area contributed by atoms with Crippen molar-refractivity contribution in [2.75, 3.05) is 12.8 Å². The third-order valence-electron chi connectivity index (χ3n) is 3.46. The summed E-state index contributed by atoms with van der Waals surface area (Å²) in [6.07, 6.45) is -5.08. The van der Waals surface area contributed by atoms with Crippen LogP contribution in [0.25, 0.3) is 11.5 Å². The average Bonchev–Trinajstić information content (AvgIpc) is 3.27. The van der Waals surface area contributed by atoms with Gasteiger partial charge in [0.1, 0.15) is 4.88 Å². The van der Waals surface area contributed by atoms with Gasteiger partial charge in [-0.25, -0.2) is 9.78 Å². The van der Waals surface area contributed by atoms with Crippen LogP contribution in [0.15, 0.2) is 34.7 Å². The molecule has 0 aliphatic carbocycles. The van der Waals surface area contributed by atoms with Crippen molar-refractivity contribution in [3.63, 3.8) is 0 Å². The molecule has 0 aliphatic rings.